The van der Waals surface area contributed by atoms with Crippen LogP contribution in [-0.4, -0.2) is 75.1 Å². The van der Waals surface area contributed by atoms with Crippen molar-refractivity contribution < 1.29 is 27.9 Å². The summed E-state index contributed by atoms with van der Waals surface area (Å²) in [5.41, 5.74) is 0.452. The number of primary sulfonamides is 1. The summed E-state index contributed by atoms with van der Waals surface area (Å²) < 4.78 is 22.7. The van der Waals surface area contributed by atoms with Crippen molar-refractivity contribution >= 4 is 62.7 Å². The van der Waals surface area contributed by atoms with Gasteiger partial charge in [0.1, 0.15) is 27.9 Å². The Morgan fingerprint density at radius 3 is 2.71 bits per heavy atom. The molecule has 2 atom stereocenters. The number of hydrogen-bond donors (Lipinski definition) is 3. The van der Waals surface area contributed by atoms with Crippen molar-refractivity contribution in [1.82, 2.24) is 20.4 Å². The molecule has 2 aliphatic heterocycles. The van der Waals surface area contributed by atoms with Gasteiger partial charge in [0.05, 0.1) is 0 Å². The molecule has 152 valence electrons. The highest BCUT2D eigenvalue weighted by Gasteiger charge is 2.54. The number of carboxylic acid groups (broad SMARTS) is 1. The molecule has 1 unspecified atom stereocenters. The number of amides is 2. The number of nitrogens with two attached hydrogens (primary N) is 1. The van der Waals surface area contributed by atoms with Crippen LogP contribution >= 0.6 is 34.9 Å². The third-order valence-corrected chi connectivity index (χ3v) is 7.84. The fourth-order valence-corrected chi connectivity index (χ4v) is 6.43. The average Bonchev–Trinajstić information content (AvgIpc) is 3.00. The topological polar surface area (TPSA) is 173 Å². The van der Waals surface area contributed by atoms with Gasteiger partial charge in [-0.3, -0.25) is 14.5 Å². The number of sulfonamides is 1. The van der Waals surface area contributed by atoms with E-state index < -0.39 is 45.0 Å². The molecule has 3 rings (SSSR count). The number of thioether (sulfide) groups is 2. The van der Waals surface area contributed by atoms with Crippen LogP contribution in [0, 0.1) is 6.92 Å². The van der Waals surface area contributed by atoms with Gasteiger partial charge in [-0.05, 0) is 12.5 Å². The predicted octanol–water partition coefficient (Wildman–Crippen LogP) is -1.03. The van der Waals surface area contributed by atoms with E-state index in [1.807, 2.05) is 6.92 Å². The molecule has 0 saturated carbocycles. The van der Waals surface area contributed by atoms with Gasteiger partial charge in [-0.2, -0.15) is 0 Å². The first-order chi connectivity index (χ1) is 13.1. The highest BCUT2D eigenvalue weighted by atomic mass is 32.2. The number of carboxylic acids is 1. The number of fused-ring (bicyclic) bond motifs is 1. The monoisotopic (exact) mass is 465 g/mol. The minimum Gasteiger partial charge on any atom is -0.477 e. The highest BCUT2D eigenvalue weighted by Crippen LogP contribution is 2.41. The second-order valence-corrected chi connectivity index (χ2v) is 11.0. The van der Waals surface area contributed by atoms with Gasteiger partial charge in [0.15, 0.2) is 4.34 Å². The Morgan fingerprint density at radius 2 is 2.14 bits per heavy atom. The summed E-state index contributed by atoms with van der Waals surface area (Å²) in [4.78, 5) is 37.0. The van der Waals surface area contributed by atoms with Gasteiger partial charge in [0, 0.05) is 11.5 Å². The normalized spacial score (nSPS) is 21.9. The van der Waals surface area contributed by atoms with Crippen LogP contribution in [0.3, 0.4) is 0 Å². The number of aromatic nitrogens is 2. The van der Waals surface area contributed by atoms with E-state index in [9.17, 15) is 27.9 Å². The van der Waals surface area contributed by atoms with Gasteiger partial charge < -0.3 is 10.4 Å². The zero-order valence-corrected chi connectivity index (χ0v) is 17.6. The molecule has 0 radical (unpaired) electrons. The molecular formula is C13H15N5O6S4. The minimum atomic E-state index is -4.02. The zero-order valence-electron chi connectivity index (χ0n) is 14.3. The molecule has 1 aromatic heterocycles. The summed E-state index contributed by atoms with van der Waals surface area (Å²) in [5, 5.41) is 24.8. The smallest absolute Gasteiger partial charge is 0.352 e. The molecular weight excluding hydrogens is 450 g/mol. The number of nitrogens with zero attached hydrogens (tertiary/aromatic N) is 3. The first-order valence-electron chi connectivity index (χ1n) is 7.69. The molecule has 11 nitrogen and oxygen atoms in total. The second kappa shape index (κ2) is 7.98. The number of carbonyl (C=O) groups is 3. The number of β-lactam (4-membered cyclic amide) rings is 1. The first-order valence-corrected chi connectivity index (χ1v) is 12.3. The molecule has 1 aromatic rings. The third-order valence-electron chi connectivity index (χ3n) is 3.78. The van der Waals surface area contributed by atoms with Crippen molar-refractivity contribution in [3.63, 3.8) is 0 Å². The molecule has 3 heterocycles. The Hall–Kier alpha value is -1.68. The fourth-order valence-electron chi connectivity index (χ4n) is 2.68. The van der Waals surface area contributed by atoms with E-state index in [0.717, 1.165) is 9.91 Å². The van der Waals surface area contributed by atoms with Crippen LogP contribution in [0.2, 0.25) is 0 Å². The van der Waals surface area contributed by atoms with Crippen molar-refractivity contribution in [2.45, 2.75) is 22.7 Å². The maximum atomic E-state index is 12.4. The second-order valence-electron chi connectivity index (χ2n) is 5.90. The van der Waals surface area contributed by atoms with E-state index >= 15 is 0 Å². The Labute approximate surface area is 172 Å². The van der Waals surface area contributed by atoms with E-state index in [4.69, 9.17) is 5.14 Å². The number of carbonyl (C=O) groups excluding carboxylic acids is 2. The Kier molecular flexibility index (Phi) is 6.00. The Balaban J connectivity index is 1.72. The van der Waals surface area contributed by atoms with Gasteiger partial charge >= 0.3 is 5.97 Å². The minimum absolute atomic E-state index is 0.112. The fraction of sp³-hybridized carbons (Fsp3) is 0.462. The molecule has 1 fully saturated rings. The van der Waals surface area contributed by atoms with E-state index in [2.05, 4.69) is 15.5 Å². The summed E-state index contributed by atoms with van der Waals surface area (Å²) in [6.07, 6.45) is 0. The van der Waals surface area contributed by atoms with Crippen LogP contribution < -0.4 is 10.5 Å². The molecule has 0 spiro atoms. The summed E-state index contributed by atoms with van der Waals surface area (Å²) >= 11 is 4.02. The van der Waals surface area contributed by atoms with E-state index in [0.29, 0.717) is 21.4 Å². The Bertz CT molecular complexity index is 974. The van der Waals surface area contributed by atoms with Crippen molar-refractivity contribution in [2.24, 2.45) is 5.14 Å². The molecule has 4 N–H and O–H groups in total. The average molecular weight is 466 g/mol. The Morgan fingerprint density at radius 1 is 1.43 bits per heavy atom. The largest absolute Gasteiger partial charge is 0.477 e. The number of nitrogens with one attached hydrogen (secondary N) is 1. The van der Waals surface area contributed by atoms with Crippen LogP contribution in [0.1, 0.15) is 5.01 Å². The molecule has 0 aromatic carbocycles. The summed E-state index contributed by atoms with van der Waals surface area (Å²) in [7, 11) is -4.02. The molecule has 0 aliphatic carbocycles. The summed E-state index contributed by atoms with van der Waals surface area (Å²) in [5.74, 6) is -3.01. The predicted molar refractivity (Wildman–Crippen MR) is 103 cm³/mol. The van der Waals surface area contributed by atoms with Crippen LogP contribution in [0.4, 0.5) is 0 Å². The van der Waals surface area contributed by atoms with Gasteiger partial charge in [-0.15, -0.1) is 22.0 Å². The van der Waals surface area contributed by atoms with Crippen molar-refractivity contribution in [2.75, 3.05) is 17.3 Å². The maximum Gasteiger partial charge on any atom is 0.352 e. The van der Waals surface area contributed by atoms with Crippen molar-refractivity contribution in [3.8, 4) is 0 Å². The number of aliphatic carboxylic acids is 1. The van der Waals surface area contributed by atoms with E-state index in [1.165, 1.54) is 34.9 Å². The third kappa shape index (κ3) is 4.48. The van der Waals surface area contributed by atoms with E-state index in [1.54, 1.807) is 0 Å². The van der Waals surface area contributed by atoms with Crippen LogP contribution in [0.25, 0.3) is 0 Å². The van der Waals surface area contributed by atoms with Gasteiger partial charge in [0.2, 0.25) is 15.9 Å². The van der Waals surface area contributed by atoms with E-state index in [-0.39, 0.29) is 5.70 Å². The van der Waals surface area contributed by atoms with Crippen LogP contribution in [-0.2, 0) is 24.4 Å². The number of rotatable bonds is 7. The quantitative estimate of drug-likeness (QED) is 0.334. The number of hydrogen-bond acceptors (Lipinski definition) is 10. The lowest BCUT2D eigenvalue weighted by atomic mass is 10.0. The number of aryl methyl sites for hydroxylation is 1. The van der Waals surface area contributed by atoms with Gasteiger partial charge in [-0.25, -0.2) is 18.4 Å². The standard InChI is InChI=1S/C13H15N5O6S4/c1-5-16-17-13(27-5)26-3-6-2-25-11-8(15-7(19)4-28(14,23)24)10(20)18(11)9(6)12(21)22/h8,11H,2-4H2,1H3,(H,15,19)(H,21,22)(H2,14,23,24)/t8?,11-/m0/s1. The van der Waals surface area contributed by atoms with Gasteiger partial charge in [-0.1, -0.05) is 23.1 Å². The van der Waals surface area contributed by atoms with Crippen molar-refractivity contribution in [3.05, 3.63) is 16.3 Å². The first kappa shape index (κ1) is 21.0. The van der Waals surface area contributed by atoms with Crippen LogP contribution in [0.15, 0.2) is 15.6 Å². The molecule has 2 aliphatic rings. The molecule has 0 bridgehead atoms. The molecule has 15 heteroatoms. The lowest BCUT2D eigenvalue weighted by Crippen LogP contribution is -2.71. The maximum absolute atomic E-state index is 12.4. The summed E-state index contributed by atoms with van der Waals surface area (Å²) in [6.45, 7) is 1.81. The molecule has 28 heavy (non-hydrogen) atoms. The SMILES string of the molecule is Cc1nnc(SCC2=C(C(=O)O)N3C(=O)C(NC(=O)CS(N)(=O)=O)[C@@H]3SC2)s1. The highest BCUT2D eigenvalue weighted by molar-refractivity contribution is 8.01. The van der Waals surface area contributed by atoms with Crippen LogP contribution in [0.5, 0.6) is 0 Å². The zero-order chi connectivity index (χ0) is 20.6. The van der Waals surface area contributed by atoms with Gasteiger partial charge in [0.25, 0.3) is 5.91 Å². The summed E-state index contributed by atoms with van der Waals surface area (Å²) in [6, 6.07) is -0.992. The van der Waals surface area contributed by atoms with Crippen molar-refractivity contribution in [1.29, 1.82) is 0 Å². The lowest BCUT2D eigenvalue weighted by molar-refractivity contribution is -0.150. The molecule has 2 amide bonds. The molecule has 1 saturated heterocycles. The lowest BCUT2D eigenvalue weighted by Gasteiger charge is -2.49.